The highest BCUT2D eigenvalue weighted by atomic mass is 127. The molecule has 0 spiro atoms. The number of halogens is 4. The van der Waals surface area contributed by atoms with E-state index >= 15 is 0 Å². The molecule has 154 valence electrons. The third kappa shape index (κ3) is 8.91. The maximum Gasteiger partial charge on any atom is 0.387 e. The van der Waals surface area contributed by atoms with Gasteiger partial charge in [0.25, 0.3) is 0 Å². The molecule has 0 aliphatic rings. The molecule has 1 amide bonds. The van der Waals surface area contributed by atoms with Gasteiger partial charge in [0.1, 0.15) is 5.75 Å². The van der Waals surface area contributed by atoms with Crippen LogP contribution in [0.25, 0.3) is 0 Å². The Balaban J connectivity index is 0.00000676. The van der Waals surface area contributed by atoms with Crippen molar-refractivity contribution in [3.8, 4) is 5.75 Å². The van der Waals surface area contributed by atoms with Crippen molar-refractivity contribution in [2.24, 2.45) is 10.4 Å². The van der Waals surface area contributed by atoms with Crippen LogP contribution in [0.5, 0.6) is 5.75 Å². The van der Waals surface area contributed by atoms with E-state index in [9.17, 15) is 13.6 Å². The fourth-order valence-electron chi connectivity index (χ4n) is 2.11. The van der Waals surface area contributed by atoms with Crippen LogP contribution in [0.4, 0.5) is 8.78 Å². The lowest BCUT2D eigenvalue weighted by Gasteiger charge is -2.24. The predicted octanol–water partition coefficient (Wildman–Crippen LogP) is 3.39. The first-order valence-electron chi connectivity index (χ1n) is 8.17. The molecule has 27 heavy (non-hydrogen) atoms. The average Bonchev–Trinajstić information content (AvgIpc) is 2.58. The number of nitrogens with zero attached hydrogens (tertiary/aromatic N) is 1. The summed E-state index contributed by atoms with van der Waals surface area (Å²) in [6.07, 6.45) is 0. The van der Waals surface area contributed by atoms with Gasteiger partial charge in [0, 0.05) is 30.7 Å². The zero-order valence-electron chi connectivity index (χ0n) is 15.7. The van der Waals surface area contributed by atoms with Gasteiger partial charge in [0.15, 0.2) is 5.96 Å². The molecule has 0 aliphatic heterocycles. The topological polar surface area (TPSA) is 74.8 Å². The first-order valence-corrected chi connectivity index (χ1v) is 8.55. The maximum atomic E-state index is 12.5. The molecular weight excluding hydrogens is 493 g/mol. The molecule has 0 heterocycles. The van der Waals surface area contributed by atoms with Crippen molar-refractivity contribution >= 4 is 47.4 Å². The standard InChI is InChI=1S/C17H25ClF2N4O2.HI/c1-5-22-16(24-10-17(2,3)14(25)21-4)23-9-11-8-12(18)6-7-13(11)26-15(19)20;/h6-8,15H,5,9-10H2,1-4H3,(H,21,25)(H2,22,23,24);1H. The summed E-state index contributed by atoms with van der Waals surface area (Å²) in [7, 11) is 1.58. The van der Waals surface area contributed by atoms with Gasteiger partial charge in [-0.25, -0.2) is 4.99 Å². The van der Waals surface area contributed by atoms with Crippen LogP contribution in [0.15, 0.2) is 23.2 Å². The van der Waals surface area contributed by atoms with Crippen LogP contribution >= 0.6 is 35.6 Å². The molecule has 6 nitrogen and oxygen atoms in total. The van der Waals surface area contributed by atoms with Crippen LogP contribution in [0.2, 0.25) is 5.02 Å². The third-order valence-electron chi connectivity index (χ3n) is 3.53. The minimum atomic E-state index is -2.93. The molecule has 0 unspecified atom stereocenters. The van der Waals surface area contributed by atoms with E-state index in [2.05, 4.69) is 25.7 Å². The molecule has 1 aromatic carbocycles. The SMILES string of the molecule is CCNC(=NCc1cc(Cl)ccc1OC(F)F)NCC(C)(C)C(=O)NC.I. The minimum Gasteiger partial charge on any atom is -0.434 e. The Kier molecular flexibility index (Phi) is 11.6. The largest absolute Gasteiger partial charge is 0.434 e. The summed E-state index contributed by atoms with van der Waals surface area (Å²) < 4.78 is 29.6. The van der Waals surface area contributed by atoms with Gasteiger partial charge < -0.3 is 20.7 Å². The molecule has 0 saturated heterocycles. The number of alkyl halides is 2. The van der Waals surface area contributed by atoms with E-state index in [0.717, 1.165) is 0 Å². The van der Waals surface area contributed by atoms with E-state index in [1.165, 1.54) is 18.2 Å². The van der Waals surface area contributed by atoms with Gasteiger partial charge >= 0.3 is 6.61 Å². The van der Waals surface area contributed by atoms with Crippen LogP contribution < -0.4 is 20.7 Å². The molecule has 0 radical (unpaired) electrons. The summed E-state index contributed by atoms with van der Waals surface area (Å²) in [5, 5.41) is 9.13. The summed E-state index contributed by atoms with van der Waals surface area (Å²) in [4.78, 5) is 16.2. The molecule has 0 aromatic heterocycles. The Morgan fingerprint density at radius 1 is 1.33 bits per heavy atom. The highest BCUT2D eigenvalue weighted by Crippen LogP contribution is 2.25. The van der Waals surface area contributed by atoms with Gasteiger partial charge in [0.2, 0.25) is 5.91 Å². The smallest absolute Gasteiger partial charge is 0.387 e. The van der Waals surface area contributed by atoms with Crippen LogP contribution in [-0.4, -0.2) is 38.6 Å². The number of rotatable bonds is 8. The van der Waals surface area contributed by atoms with Crippen molar-refractivity contribution < 1.29 is 18.3 Å². The molecule has 3 N–H and O–H groups in total. The van der Waals surface area contributed by atoms with Crippen molar-refractivity contribution in [2.75, 3.05) is 20.1 Å². The van der Waals surface area contributed by atoms with Gasteiger partial charge in [-0.1, -0.05) is 11.6 Å². The molecule has 1 rings (SSSR count). The maximum absolute atomic E-state index is 12.5. The Morgan fingerprint density at radius 3 is 2.56 bits per heavy atom. The normalized spacial score (nSPS) is 11.6. The number of carbonyl (C=O) groups is 1. The van der Waals surface area contributed by atoms with E-state index in [-0.39, 0.29) is 42.2 Å². The number of amides is 1. The number of hydrogen-bond donors (Lipinski definition) is 3. The monoisotopic (exact) mass is 518 g/mol. The van der Waals surface area contributed by atoms with Crippen LogP contribution in [0.3, 0.4) is 0 Å². The van der Waals surface area contributed by atoms with Crippen molar-refractivity contribution in [2.45, 2.75) is 33.9 Å². The number of hydrogen-bond acceptors (Lipinski definition) is 3. The number of benzene rings is 1. The van der Waals surface area contributed by atoms with Gasteiger partial charge in [0.05, 0.1) is 12.0 Å². The average molecular weight is 519 g/mol. The van der Waals surface area contributed by atoms with Crippen molar-refractivity contribution in [3.05, 3.63) is 28.8 Å². The van der Waals surface area contributed by atoms with Crippen LogP contribution in [-0.2, 0) is 11.3 Å². The zero-order chi connectivity index (χ0) is 19.7. The molecular formula is C17H26ClF2IN4O2. The lowest BCUT2D eigenvalue weighted by molar-refractivity contribution is -0.128. The Hall–Kier alpha value is -1.36. The first kappa shape index (κ1) is 25.6. The van der Waals surface area contributed by atoms with Gasteiger partial charge in [-0.05, 0) is 39.0 Å². The third-order valence-corrected chi connectivity index (χ3v) is 3.76. The van der Waals surface area contributed by atoms with E-state index in [1.54, 1.807) is 20.9 Å². The molecule has 10 heteroatoms. The lowest BCUT2D eigenvalue weighted by atomic mass is 9.92. The highest BCUT2D eigenvalue weighted by Gasteiger charge is 2.26. The zero-order valence-corrected chi connectivity index (χ0v) is 18.8. The molecule has 0 fully saturated rings. The Labute approximate surface area is 180 Å². The van der Waals surface area contributed by atoms with Gasteiger partial charge in [-0.3, -0.25) is 4.79 Å². The molecule has 0 saturated carbocycles. The van der Waals surface area contributed by atoms with Crippen LogP contribution in [0.1, 0.15) is 26.3 Å². The predicted molar refractivity (Wildman–Crippen MR) is 114 cm³/mol. The first-order chi connectivity index (χ1) is 12.2. The number of nitrogens with one attached hydrogen (secondary N) is 3. The van der Waals surface area contributed by atoms with Crippen molar-refractivity contribution in [1.82, 2.24) is 16.0 Å². The Bertz CT molecular complexity index is 645. The lowest BCUT2D eigenvalue weighted by Crippen LogP contribution is -2.47. The number of carbonyl (C=O) groups excluding carboxylic acids is 1. The second-order valence-electron chi connectivity index (χ2n) is 6.14. The summed E-state index contributed by atoms with van der Waals surface area (Å²) in [5.41, 5.74) is -0.217. The van der Waals surface area contributed by atoms with E-state index in [4.69, 9.17) is 11.6 Å². The molecule has 0 aliphatic carbocycles. The number of guanidine groups is 1. The molecule has 0 atom stereocenters. The van der Waals surface area contributed by atoms with Gasteiger partial charge in [-0.15, -0.1) is 24.0 Å². The summed E-state index contributed by atoms with van der Waals surface area (Å²) >= 11 is 5.93. The molecule has 1 aromatic rings. The summed E-state index contributed by atoms with van der Waals surface area (Å²) in [6.45, 7) is 3.58. The van der Waals surface area contributed by atoms with Crippen LogP contribution in [0, 0.1) is 5.41 Å². The fourth-order valence-corrected chi connectivity index (χ4v) is 2.31. The second kappa shape index (κ2) is 12.2. The quantitative estimate of drug-likeness (QED) is 0.280. The minimum absolute atomic E-state index is 0. The van der Waals surface area contributed by atoms with Crippen molar-refractivity contribution in [1.29, 1.82) is 0 Å². The fraction of sp³-hybridized carbons (Fsp3) is 0.529. The van der Waals surface area contributed by atoms with Gasteiger partial charge in [-0.2, -0.15) is 8.78 Å². The highest BCUT2D eigenvalue weighted by molar-refractivity contribution is 14.0. The summed E-state index contributed by atoms with van der Waals surface area (Å²) in [5.74, 6) is 0.366. The summed E-state index contributed by atoms with van der Waals surface area (Å²) in [6, 6.07) is 4.39. The Morgan fingerprint density at radius 2 is 2.00 bits per heavy atom. The van der Waals surface area contributed by atoms with Crippen molar-refractivity contribution in [3.63, 3.8) is 0 Å². The van der Waals surface area contributed by atoms with E-state index < -0.39 is 12.0 Å². The van der Waals surface area contributed by atoms with E-state index in [0.29, 0.717) is 29.6 Å². The number of ether oxygens (including phenoxy) is 1. The second-order valence-corrected chi connectivity index (χ2v) is 6.58. The van der Waals surface area contributed by atoms with E-state index in [1.807, 2.05) is 6.92 Å². The molecule has 0 bridgehead atoms. The number of aliphatic imine (C=N–C) groups is 1.